The molecule has 0 saturated carbocycles. The number of aromatic nitrogens is 1. The summed E-state index contributed by atoms with van der Waals surface area (Å²) in [6, 6.07) is 40.6. The molecule has 0 aliphatic heterocycles. The Morgan fingerprint density at radius 2 is 1.22 bits per heavy atom. The van der Waals surface area contributed by atoms with Crippen LogP contribution in [0.25, 0.3) is 66.2 Å². The van der Waals surface area contributed by atoms with E-state index in [9.17, 15) is 0 Å². The highest BCUT2D eigenvalue weighted by atomic mass is 127. The van der Waals surface area contributed by atoms with Crippen LogP contribution in [0.15, 0.2) is 126 Å². The Kier molecular flexibility index (Phi) is 5.10. The minimum absolute atomic E-state index is 0.883. The lowest BCUT2D eigenvalue weighted by Gasteiger charge is -2.08. The third-order valence-corrected chi connectivity index (χ3v) is 7.51. The number of rotatable bonds is 3. The zero-order chi connectivity index (χ0) is 24.1. The van der Waals surface area contributed by atoms with Crippen molar-refractivity contribution in [3.8, 4) is 33.5 Å². The average Bonchev–Trinajstić information content (AvgIpc) is 3.32. The number of benzene rings is 5. The molecule has 2 nitrogen and oxygen atoms in total. The van der Waals surface area contributed by atoms with E-state index < -0.39 is 0 Å². The maximum absolute atomic E-state index is 6.21. The van der Waals surface area contributed by atoms with Crippen molar-refractivity contribution in [1.82, 2.24) is 4.98 Å². The summed E-state index contributed by atoms with van der Waals surface area (Å²) < 4.78 is 7.45. The molecule has 0 spiro atoms. The Balaban J connectivity index is 1.23. The third kappa shape index (κ3) is 3.67. The molecule has 0 N–H and O–H groups in total. The predicted molar refractivity (Wildman–Crippen MR) is 158 cm³/mol. The van der Waals surface area contributed by atoms with Crippen molar-refractivity contribution in [3.05, 3.63) is 125 Å². The molecule has 0 aliphatic rings. The van der Waals surface area contributed by atoms with Gasteiger partial charge in [-0.2, -0.15) is 0 Å². The van der Waals surface area contributed by atoms with E-state index in [1.54, 1.807) is 0 Å². The fraction of sp³-hybridized carbons (Fsp3) is 0. The summed E-state index contributed by atoms with van der Waals surface area (Å²) in [6.07, 6.45) is 1.96. The molecule has 0 saturated heterocycles. The van der Waals surface area contributed by atoms with Crippen LogP contribution in [0.5, 0.6) is 0 Å². The van der Waals surface area contributed by atoms with Crippen LogP contribution in [-0.2, 0) is 0 Å². The Morgan fingerprint density at radius 3 is 1.97 bits per heavy atom. The van der Waals surface area contributed by atoms with E-state index >= 15 is 0 Å². The minimum atomic E-state index is 0.883. The van der Waals surface area contributed by atoms with Gasteiger partial charge in [0.2, 0.25) is 0 Å². The summed E-state index contributed by atoms with van der Waals surface area (Å²) in [4.78, 5) is 4.83. The van der Waals surface area contributed by atoms with Crippen LogP contribution < -0.4 is 0 Å². The molecule has 0 fully saturated rings. The Bertz CT molecular complexity index is 1880. The molecule has 2 heterocycles. The first-order valence-corrected chi connectivity index (χ1v) is 13.0. The minimum Gasteiger partial charge on any atom is -0.455 e. The monoisotopic (exact) mass is 573 g/mol. The second kappa shape index (κ2) is 8.61. The van der Waals surface area contributed by atoms with Gasteiger partial charge in [0.25, 0.3) is 0 Å². The Hall–Kier alpha value is -3.96. The number of hydrogen-bond acceptors (Lipinski definition) is 2. The quantitative estimate of drug-likeness (QED) is 0.197. The Morgan fingerprint density at radius 1 is 0.556 bits per heavy atom. The summed E-state index contributed by atoms with van der Waals surface area (Å²) in [5.74, 6) is 0. The SMILES string of the molecule is Ic1ccc(-c2ccc3cc(-c4ccc(-c5cccc6c5oc5ccccc56)nc4)ccc3c2)cc1. The highest BCUT2D eigenvalue weighted by molar-refractivity contribution is 14.1. The van der Waals surface area contributed by atoms with Crippen molar-refractivity contribution in [2.45, 2.75) is 0 Å². The highest BCUT2D eigenvalue weighted by Gasteiger charge is 2.13. The highest BCUT2D eigenvalue weighted by Crippen LogP contribution is 2.35. The van der Waals surface area contributed by atoms with Crippen molar-refractivity contribution in [2.75, 3.05) is 0 Å². The van der Waals surface area contributed by atoms with E-state index in [1.165, 1.54) is 25.5 Å². The van der Waals surface area contributed by atoms with Crippen molar-refractivity contribution in [1.29, 1.82) is 0 Å². The fourth-order valence-corrected chi connectivity index (χ4v) is 5.28. The molecule has 7 rings (SSSR count). The van der Waals surface area contributed by atoms with Crippen LogP contribution in [0.3, 0.4) is 0 Å². The summed E-state index contributed by atoms with van der Waals surface area (Å²) in [7, 11) is 0. The molecule has 0 bridgehead atoms. The van der Waals surface area contributed by atoms with Gasteiger partial charge in [0.1, 0.15) is 11.2 Å². The van der Waals surface area contributed by atoms with E-state index in [-0.39, 0.29) is 0 Å². The molecule has 0 amide bonds. The second-order valence-corrected chi connectivity index (χ2v) is 10.2. The van der Waals surface area contributed by atoms with Gasteiger partial charge >= 0.3 is 0 Å². The van der Waals surface area contributed by atoms with Gasteiger partial charge in [-0.1, -0.05) is 72.8 Å². The van der Waals surface area contributed by atoms with Gasteiger partial charge in [-0.25, -0.2) is 0 Å². The Labute approximate surface area is 222 Å². The normalized spacial score (nSPS) is 11.5. The van der Waals surface area contributed by atoms with E-state index in [4.69, 9.17) is 9.40 Å². The molecule has 3 heteroatoms. The van der Waals surface area contributed by atoms with E-state index in [1.807, 2.05) is 24.4 Å². The number of fused-ring (bicyclic) bond motifs is 4. The van der Waals surface area contributed by atoms with Gasteiger partial charge in [-0.3, -0.25) is 4.98 Å². The summed E-state index contributed by atoms with van der Waals surface area (Å²) in [6.45, 7) is 0. The maximum Gasteiger partial charge on any atom is 0.144 e. The number of para-hydroxylation sites is 2. The van der Waals surface area contributed by atoms with Crippen molar-refractivity contribution >= 4 is 55.3 Å². The molecule has 5 aromatic carbocycles. The first-order chi connectivity index (χ1) is 17.7. The van der Waals surface area contributed by atoms with Crippen LogP contribution in [0, 0.1) is 3.57 Å². The fourth-order valence-electron chi connectivity index (χ4n) is 4.92. The summed E-state index contributed by atoms with van der Waals surface area (Å²) in [5.41, 5.74) is 8.43. The van der Waals surface area contributed by atoms with Crippen molar-refractivity contribution in [2.24, 2.45) is 0 Å². The molecular formula is C33H20INO. The lowest BCUT2D eigenvalue weighted by Crippen LogP contribution is -1.86. The number of furan rings is 1. The van der Waals surface area contributed by atoms with Crippen LogP contribution in [0.4, 0.5) is 0 Å². The lowest BCUT2D eigenvalue weighted by molar-refractivity contribution is 0.670. The molecule has 7 aromatic rings. The molecule has 2 aromatic heterocycles. The number of hydrogen-bond donors (Lipinski definition) is 0. The zero-order valence-corrected chi connectivity index (χ0v) is 21.4. The smallest absolute Gasteiger partial charge is 0.144 e. The zero-order valence-electron chi connectivity index (χ0n) is 19.3. The third-order valence-electron chi connectivity index (χ3n) is 6.79. The predicted octanol–water partition coefficient (Wildman–Crippen LogP) is 9.74. The van der Waals surface area contributed by atoms with Gasteiger partial charge in [-0.15, -0.1) is 0 Å². The van der Waals surface area contributed by atoms with Crippen LogP contribution in [-0.4, -0.2) is 4.98 Å². The van der Waals surface area contributed by atoms with E-state index in [0.717, 1.165) is 44.3 Å². The van der Waals surface area contributed by atoms with Crippen LogP contribution in [0.2, 0.25) is 0 Å². The van der Waals surface area contributed by atoms with Crippen LogP contribution in [0.1, 0.15) is 0 Å². The van der Waals surface area contributed by atoms with Crippen LogP contribution >= 0.6 is 22.6 Å². The van der Waals surface area contributed by atoms with Gasteiger partial charge in [0, 0.05) is 31.7 Å². The summed E-state index contributed by atoms with van der Waals surface area (Å²) >= 11 is 2.34. The molecule has 170 valence electrons. The average molecular weight is 573 g/mol. The standard InChI is InChI=1S/C33H20INO/c34-27-15-12-21(13-16-27)22-8-9-24-19-25(11-10-23(24)18-22)26-14-17-31(35-20-26)30-6-3-5-29-28-4-1-2-7-32(28)36-33(29)30/h1-20H. The summed E-state index contributed by atoms with van der Waals surface area (Å²) in [5, 5.41) is 4.70. The second-order valence-electron chi connectivity index (χ2n) is 9.00. The van der Waals surface area contributed by atoms with E-state index in [0.29, 0.717) is 0 Å². The molecule has 0 radical (unpaired) electrons. The first-order valence-electron chi connectivity index (χ1n) is 11.9. The van der Waals surface area contributed by atoms with E-state index in [2.05, 4.69) is 120 Å². The molecular weight excluding hydrogens is 553 g/mol. The van der Waals surface area contributed by atoms with Gasteiger partial charge in [0.05, 0.1) is 5.69 Å². The van der Waals surface area contributed by atoms with Gasteiger partial charge in [-0.05, 0) is 92.5 Å². The largest absolute Gasteiger partial charge is 0.455 e. The molecule has 0 aliphatic carbocycles. The lowest BCUT2D eigenvalue weighted by atomic mass is 9.98. The number of halogens is 1. The first kappa shape index (κ1) is 21.3. The van der Waals surface area contributed by atoms with Gasteiger partial charge < -0.3 is 4.42 Å². The van der Waals surface area contributed by atoms with Crippen molar-refractivity contribution < 1.29 is 4.42 Å². The van der Waals surface area contributed by atoms with Gasteiger partial charge in [0.15, 0.2) is 0 Å². The number of pyridine rings is 1. The molecule has 0 atom stereocenters. The maximum atomic E-state index is 6.21. The topological polar surface area (TPSA) is 26.0 Å². The molecule has 0 unspecified atom stereocenters. The molecule has 36 heavy (non-hydrogen) atoms. The van der Waals surface area contributed by atoms with Crippen molar-refractivity contribution in [3.63, 3.8) is 0 Å². The number of nitrogens with zero attached hydrogens (tertiary/aromatic N) is 1.